The lowest BCUT2D eigenvalue weighted by Crippen LogP contribution is -2.39. The van der Waals surface area contributed by atoms with Crippen LogP contribution in [0.25, 0.3) is 6.08 Å². The second-order valence-corrected chi connectivity index (χ2v) is 7.52. The third-order valence-corrected chi connectivity index (χ3v) is 5.83. The van der Waals surface area contributed by atoms with Gasteiger partial charge in [-0.3, -0.25) is 4.90 Å². The van der Waals surface area contributed by atoms with Gasteiger partial charge in [-0.05, 0) is 67.0 Å². The molecule has 2 aromatic rings. The lowest BCUT2D eigenvalue weighted by Gasteiger charge is -2.36. The fourth-order valence-corrected chi connectivity index (χ4v) is 4.23. The van der Waals surface area contributed by atoms with Crippen LogP contribution in [0.15, 0.2) is 49.0 Å². The molecule has 1 atom stereocenters. The molecule has 1 fully saturated rings. The topological polar surface area (TPSA) is 27.0 Å². The minimum atomic E-state index is 0.606. The number of piperidine rings is 1. The summed E-state index contributed by atoms with van der Waals surface area (Å²) in [6.45, 7) is 8.16. The predicted octanol–water partition coefficient (Wildman–Crippen LogP) is 5.75. The maximum absolute atomic E-state index is 9.38. The summed E-state index contributed by atoms with van der Waals surface area (Å²) in [6, 6.07) is 17.8. The van der Waals surface area contributed by atoms with Gasteiger partial charge in [-0.1, -0.05) is 62.4 Å². The molecule has 0 saturated carbocycles. The summed E-state index contributed by atoms with van der Waals surface area (Å²) in [5, 5.41) is 9.38. The Kier molecular flexibility index (Phi) is 6.85. The third-order valence-electron chi connectivity index (χ3n) is 5.83. The van der Waals surface area contributed by atoms with Crippen molar-refractivity contribution >= 4 is 6.08 Å². The van der Waals surface area contributed by atoms with Crippen molar-refractivity contribution in [3.05, 3.63) is 76.9 Å². The molecule has 1 aliphatic rings. The van der Waals surface area contributed by atoms with Crippen LogP contribution < -0.4 is 0 Å². The van der Waals surface area contributed by atoms with E-state index in [9.17, 15) is 5.26 Å². The van der Waals surface area contributed by atoms with Crippen LogP contribution in [-0.2, 0) is 19.4 Å². The summed E-state index contributed by atoms with van der Waals surface area (Å²) in [5.74, 6) is 0. The van der Waals surface area contributed by atoms with Crippen LogP contribution in [0.3, 0.4) is 0 Å². The molecule has 1 unspecified atom stereocenters. The number of hydrogen-bond acceptors (Lipinski definition) is 2. The lowest BCUT2D eigenvalue weighted by atomic mass is 9.93. The summed E-state index contributed by atoms with van der Waals surface area (Å²) in [7, 11) is 0. The van der Waals surface area contributed by atoms with Crippen LogP contribution in [0.5, 0.6) is 0 Å². The van der Waals surface area contributed by atoms with Gasteiger partial charge in [0.25, 0.3) is 0 Å². The van der Waals surface area contributed by atoms with E-state index < -0.39 is 0 Å². The summed E-state index contributed by atoms with van der Waals surface area (Å²) in [4.78, 5) is 2.60. The molecule has 1 saturated heterocycles. The van der Waals surface area contributed by atoms with Gasteiger partial charge >= 0.3 is 0 Å². The van der Waals surface area contributed by atoms with Gasteiger partial charge in [0.15, 0.2) is 0 Å². The monoisotopic (exact) mass is 358 g/mol. The van der Waals surface area contributed by atoms with E-state index in [0.29, 0.717) is 6.04 Å². The highest BCUT2D eigenvalue weighted by Gasteiger charge is 2.23. The Balaban J connectivity index is 1.67. The fraction of sp³-hybridized carbons (Fsp3) is 0.400. The van der Waals surface area contributed by atoms with Crippen molar-refractivity contribution in [3.8, 4) is 6.07 Å². The van der Waals surface area contributed by atoms with Crippen molar-refractivity contribution in [1.29, 1.82) is 5.26 Å². The summed E-state index contributed by atoms with van der Waals surface area (Å²) < 4.78 is 0. The standard InChI is InChI=1S/C25H30N2/c1-3-21-14-12-20(17-22(21)4-2)13-15-25-11-7-8-16-27(25)19-24-10-6-5-9-23(24)18-26/h3,5-6,9-10,12,14,17,25H,1,4,7-8,11,13,15-16,19H2,2H3. The molecule has 27 heavy (non-hydrogen) atoms. The molecular weight excluding hydrogens is 328 g/mol. The van der Waals surface area contributed by atoms with E-state index in [4.69, 9.17) is 0 Å². The van der Waals surface area contributed by atoms with Crippen LogP contribution >= 0.6 is 0 Å². The van der Waals surface area contributed by atoms with E-state index in [1.165, 1.54) is 42.4 Å². The number of hydrogen-bond donors (Lipinski definition) is 0. The number of rotatable bonds is 7. The van der Waals surface area contributed by atoms with Crippen LogP contribution in [0.1, 0.15) is 60.4 Å². The first-order chi connectivity index (χ1) is 13.2. The molecule has 0 N–H and O–H groups in total. The van der Waals surface area contributed by atoms with E-state index in [2.05, 4.69) is 48.7 Å². The molecule has 1 aliphatic heterocycles. The zero-order valence-corrected chi connectivity index (χ0v) is 16.5. The molecule has 0 aromatic heterocycles. The Bertz CT molecular complexity index is 815. The van der Waals surface area contributed by atoms with Crippen LogP contribution in [0.2, 0.25) is 0 Å². The van der Waals surface area contributed by atoms with Crippen molar-refractivity contribution < 1.29 is 0 Å². The second kappa shape index (κ2) is 9.53. The molecular formula is C25H30N2. The van der Waals surface area contributed by atoms with Gasteiger partial charge < -0.3 is 0 Å². The van der Waals surface area contributed by atoms with Gasteiger partial charge in [-0.2, -0.15) is 5.26 Å². The maximum atomic E-state index is 9.38. The van der Waals surface area contributed by atoms with E-state index in [-0.39, 0.29) is 0 Å². The Morgan fingerprint density at radius 1 is 1.19 bits per heavy atom. The number of benzene rings is 2. The normalized spacial score (nSPS) is 17.4. The molecule has 1 heterocycles. The molecule has 0 aliphatic carbocycles. The first kappa shape index (κ1) is 19.4. The minimum absolute atomic E-state index is 0.606. The second-order valence-electron chi connectivity index (χ2n) is 7.52. The first-order valence-electron chi connectivity index (χ1n) is 10.2. The van der Waals surface area contributed by atoms with E-state index >= 15 is 0 Å². The average molecular weight is 359 g/mol. The van der Waals surface area contributed by atoms with E-state index in [1.807, 2.05) is 24.3 Å². The number of nitriles is 1. The summed E-state index contributed by atoms with van der Waals surface area (Å²) >= 11 is 0. The SMILES string of the molecule is C=Cc1ccc(CCC2CCCCN2Cc2ccccc2C#N)cc1CC. The van der Waals surface area contributed by atoms with Crippen LogP contribution in [0.4, 0.5) is 0 Å². The Morgan fingerprint density at radius 2 is 2.04 bits per heavy atom. The summed E-state index contributed by atoms with van der Waals surface area (Å²) in [5.41, 5.74) is 6.06. The van der Waals surface area contributed by atoms with Gasteiger partial charge in [0.1, 0.15) is 0 Å². The molecule has 0 bridgehead atoms. The predicted molar refractivity (Wildman–Crippen MR) is 113 cm³/mol. The zero-order chi connectivity index (χ0) is 19.1. The molecule has 2 nitrogen and oxygen atoms in total. The molecule has 2 heteroatoms. The van der Waals surface area contributed by atoms with Crippen molar-refractivity contribution in [2.75, 3.05) is 6.54 Å². The number of nitrogens with zero attached hydrogens (tertiary/aromatic N) is 2. The van der Waals surface area contributed by atoms with Crippen molar-refractivity contribution in [3.63, 3.8) is 0 Å². The molecule has 3 rings (SSSR count). The maximum Gasteiger partial charge on any atom is 0.0995 e. The fourth-order valence-electron chi connectivity index (χ4n) is 4.23. The Labute approximate surface area is 164 Å². The number of aryl methyl sites for hydroxylation is 2. The average Bonchev–Trinajstić information content (AvgIpc) is 2.73. The lowest BCUT2D eigenvalue weighted by molar-refractivity contribution is 0.132. The Hall–Kier alpha value is -2.37. The van der Waals surface area contributed by atoms with Crippen LogP contribution in [0, 0.1) is 11.3 Å². The largest absolute Gasteiger partial charge is 0.296 e. The van der Waals surface area contributed by atoms with Crippen LogP contribution in [-0.4, -0.2) is 17.5 Å². The molecule has 0 amide bonds. The van der Waals surface area contributed by atoms with Gasteiger partial charge in [0, 0.05) is 12.6 Å². The summed E-state index contributed by atoms with van der Waals surface area (Å²) in [6.07, 6.45) is 9.15. The van der Waals surface area contributed by atoms with Gasteiger partial charge in [0.05, 0.1) is 11.6 Å². The molecule has 2 aromatic carbocycles. The molecule has 0 spiro atoms. The van der Waals surface area contributed by atoms with Gasteiger partial charge in [-0.15, -0.1) is 0 Å². The molecule has 140 valence electrons. The highest BCUT2D eigenvalue weighted by atomic mass is 15.2. The highest BCUT2D eigenvalue weighted by molar-refractivity contribution is 5.53. The van der Waals surface area contributed by atoms with E-state index in [1.54, 1.807) is 0 Å². The van der Waals surface area contributed by atoms with E-state index in [0.717, 1.165) is 37.1 Å². The molecule has 0 radical (unpaired) electrons. The Morgan fingerprint density at radius 3 is 2.81 bits per heavy atom. The van der Waals surface area contributed by atoms with Crippen molar-refractivity contribution in [2.45, 2.75) is 58.0 Å². The zero-order valence-electron chi connectivity index (χ0n) is 16.5. The van der Waals surface area contributed by atoms with Crippen molar-refractivity contribution in [1.82, 2.24) is 4.90 Å². The van der Waals surface area contributed by atoms with Crippen molar-refractivity contribution in [2.24, 2.45) is 0 Å². The minimum Gasteiger partial charge on any atom is -0.296 e. The highest BCUT2D eigenvalue weighted by Crippen LogP contribution is 2.25. The third kappa shape index (κ3) is 4.87. The first-order valence-corrected chi connectivity index (χ1v) is 10.2. The quantitative estimate of drug-likeness (QED) is 0.630. The van der Waals surface area contributed by atoms with Gasteiger partial charge in [-0.25, -0.2) is 0 Å². The number of likely N-dealkylation sites (tertiary alicyclic amines) is 1. The smallest absolute Gasteiger partial charge is 0.0995 e. The van der Waals surface area contributed by atoms with Gasteiger partial charge in [0.2, 0.25) is 0 Å².